The normalized spacial score (nSPS) is 13.4. The highest BCUT2D eigenvalue weighted by molar-refractivity contribution is 5.86. The van der Waals surface area contributed by atoms with Crippen LogP contribution in [0.4, 0.5) is 4.39 Å². The molecule has 3 rings (SSSR count). The van der Waals surface area contributed by atoms with Gasteiger partial charge in [-0.2, -0.15) is 0 Å². The zero-order chi connectivity index (χ0) is 20.1. The maximum absolute atomic E-state index is 13.1. The summed E-state index contributed by atoms with van der Waals surface area (Å²) in [6, 6.07) is 10.2. The van der Waals surface area contributed by atoms with Crippen molar-refractivity contribution >= 4 is 11.8 Å². The van der Waals surface area contributed by atoms with Gasteiger partial charge in [-0.05, 0) is 49.1 Å². The number of aryl methyl sites for hydroxylation is 1. The second-order valence-corrected chi connectivity index (χ2v) is 7.48. The van der Waals surface area contributed by atoms with Crippen LogP contribution in [0.15, 0.2) is 42.6 Å². The van der Waals surface area contributed by atoms with Crippen LogP contribution in [0, 0.1) is 5.82 Å². The summed E-state index contributed by atoms with van der Waals surface area (Å²) in [5, 5.41) is 0. The second kappa shape index (κ2) is 9.04. The lowest BCUT2D eigenvalue weighted by Crippen LogP contribution is -2.44. The second-order valence-electron chi connectivity index (χ2n) is 7.48. The molecule has 6 heteroatoms. The molecule has 0 bridgehead atoms. The Morgan fingerprint density at radius 3 is 2.43 bits per heavy atom. The van der Waals surface area contributed by atoms with Crippen molar-refractivity contribution in [3.05, 3.63) is 59.7 Å². The highest BCUT2D eigenvalue weighted by Crippen LogP contribution is 2.28. The van der Waals surface area contributed by atoms with Crippen LogP contribution in [0.5, 0.6) is 0 Å². The molecule has 0 aliphatic heterocycles. The van der Waals surface area contributed by atoms with Crippen LogP contribution in [-0.4, -0.2) is 45.3 Å². The first-order valence-corrected chi connectivity index (χ1v) is 9.89. The fraction of sp³-hybridized carbons (Fsp3) is 0.455. The van der Waals surface area contributed by atoms with E-state index in [0.29, 0.717) is 13.1 Å². The number of aromatic nitrogens is 1. The fourth-order valence-corrected chi connectivity index (χ4v) is 3.35. The molecule has 1 aliphatic rings. The Balaban J connectivity index is 1.65. The number of hydrogen-bond donors (Lipinski definition) is 0. The van der Waals surface area contributed by atoms with Gasteiger partial charge >= 0.3 is 0 Å². The zero-order valence-electron chi connectivity index (χ0n) is 16.6. The summed E-state index contributed by atoms with van der Waals surface area (Å²) in [5.41, 5.74) is 1.84. The van der Waals surface area contributed by atoms with E-state index >= 15 is 0 Å². The van der Waals surface area contributed by atoms with Gasteiger partial charge in [0.25, 0.3) is 0 Å². The summed E-state index contributed by atoms with van der Waals surface area (Å²) >= 11 is 0. The minimum atomic E-state index is -0.322. The molecule has 5 nitrogen and oxygen atoms in total. The Kier molecular flexibility index (Phi) is 6.49. The van der Waals surface area contributed by atoms with E-state index in [4.69, 9.17) is 0 Å². The molecule has 1 fully saturated rings. The maximum atomic E-state index is 13.1. The number of halogens is 1. The third-order valence-electron chi connectivity index (χ3n) is 5.13. The molecule has 0 unspecified atom stereocenters. The first kappa shape index (κ1) is 20.1. The number of rotatable bonds is 9. The molecule has 0 saturated heterocycles. The highest BCUT2D eigenvalue weighted by Gasteiger charge is 2.34. The Morgan fingerprint density at radius 1 is 1.14 bits per heavy atom. The molecule has 28 heavy (non-hydrogen) atoms. The molecule has 2 amide bonds. The first-order chi connectivity index (χ1) is 13.5. The fourth-order valence-electron chi connectivity index (χ4n) is 3.35. The number of hydrogen-bond acceptors (Lipinski definition) is 2. The molecular formula is C22H28FN3O2. The third-order valence-corrected chi connectivity index (χ3v) is 5.13. The third kappa shape index (κ3) is 5.21. The molecule has 1 aliphatic carbocycles. The zero-order valence-corrected chi connectivity index (χ0v) is 16.6. The summed E-state index contributed by atoms with van der Waals surface area (Å²) < 4.78 is 15.1. The minimum absolute atomic E-state index is 0.00962. The van der Waals surface area contributed by atoms with E-state index in [-0.39, 0.29) is 36.6 Å². The largest absolute Gasteiger partial charge is 0.353 e. The Labute approximate surface area is 165 Å². The smallest absolute Gasteiger partial charge is 0.242 e. The van der Waals surface area contributed by atoms with Gasteiger partial charge in [-0.3, -0.25) is 9.59 Å². The van der Waals surface area contributed by atoms with Crippen LogP contribution in [0.2, 0.25) is 0 Å². The number of carbonyl (C=O) groups is 2. The van der Waals surface area contributed by atoms with Crippen LogP contribution < -0.4 is 0 Å². The number of carbonyl (C=O) groups excluding carboxylic acids is 2. The maximum Gasteiger partial charge on any atom is 0.242 e. The number of benzene rings is 1. The van der Waals surface area contributed by atoms with Crippen molar-refractivity contribution in [2.45, 2.75) is 45.2 Å². The van der Waals surface area contributed by atoms with Crippen LogP contribution in [0.1, 0.15) is 37.4 Å². The van der Waals surface area contributed by atoms with E-state index in [1.54, 1.807) is 17.0 Å². The lowest BCUT2D eigenvalue weighted by atomic mass is 10.1. The van der Waals surface area contributed by atoms with E-state index in [9.17, 15) is 14.0 Å². The van der Waals surface area contributed by atoms with Gasteiger partial charge in [-0.25, -0.2) is 4.39 Å². The SMILES string of the molecule is CCCN(CC(=O)N(Cc1cccn1C)C1CC1)C(=O)Cc1ccc(F)cc1. The van der Waals surface area contributed by atoms with Gasteiger partial charge in [0.1, 0.15) is 5.82 Å². The lowest BCUT2D eigenvalue weighted by Gasteiger charge is -2.28. The molecule has 0 N–H and O–H groups in total. The van der Waals surface area contributed by atoms with Crippen molar-refractivity contribution < 1.29 is 14.0 Å². The molecule has 2 aromatic rings. The molecule has 0 atom stereocenters. The molecular weight excluding hydrogens is 357 g/mol. The van der Waals surface area contributed by atoms with Crippen LogP contribution >= 0.6 is 0 Å². The van der Waals surface area contributed by atoms with E-state index in [0.717, 1.165) is 30.5 Å². The van der Waals surface area contributed by atoms with Gasteiger partial charge in [0.2, 0.25) is 11.8 Å². The van der Waals surface area contributed by atoms with Gasteiger partial charge < -0.3 is 14.4 Å². The summed E-state index contributed by atoms with van der Waals surface area (Å²) in [7, 11) is 1.97. The Hall–Kier alpha value is -2.63. The van der Waals surface area contributed by atoms with Crippen molar-refractivity contribution in [1.82, 2.24) is 14.4 Å². The predicted molar refractivity (Wildman–Crippen MR) is 106 cm³/mol. The van der Waals surface area contributed by atoms with Crippen molar-refractivity contribution in [3.8, 4) is 0 Å². The van der Waals surface area contributed by atoms with Crippen molar-refractivity contribution in [2.75, 3.05) is 13.1 Å². The van der Waals surface area contributed by atoms with Crippen molar-refractivity contribution in [2.24, 2.45) is 7.05 Å². The summed E-state index contributed by atoms with van der Waals surface area (Å²) in [5.74, 6) is -0.432. The van der Waals surface area contributed by atoms with Gasteiger partial charge in [0.15, 0.2) is 0 Å². The predicted octanol–water partition coefficient (Wildman–Crippen LogP) is 3.14. The molecule has 1 aromatic heterocycles. The molecule has 1 aromatic carbocycles. The summed E-state index contributed by atoms with van der Waals surface area (Å²) in [4.78, 5) is 29.3. The van der Waals surface area contributed by atoms with Gasteiger partial charge in [0.05, 0.1) is 19.5 Å². The van der Waals surface area contributed by atoms with E-state index < -0.39 is 0 Å². The van der Waals surface area contributed by atoms with E-state index in [2.05, 4.69) is 0 Å². The highest BCUT2D eigenvalue weighted by atomic mass is 19.1. The molecule has 150 valence electrons. The van der Waals surface area contributed by atoms with Crippen LogP contribution in [-0.2, 0) is 29.6 Å². The first-order valence-electron chi connectivity index (χ1n) is 9.89. The number of nitrogens with zero attached hydrogens (tertiary/aromatic N) is 3. The van der Waals surface area contributed by atoms with Crippen LogP contribution in [0.3, 0.4) is 0 Å². The molecule has 0 radical (unpaired) electrons. The van der Waals surface area contributed by atoms with Gasteiger partial charge in [-0.1, -0.05) is 19.1 Å². The van der Waals surface area contributed by atoms with Crippen LogP contribution in [0.25, 0.3) is 0 Å². The summed E-state index contributed by atoms with van der Waals surface area (Å²) in [6.45, 7) is 3.19. The van der Waals surface area contributed by atoms with Gasteiger partial charge in [0, 0.05) is 31.5 Å². The quantitative estimate of drug-likeness (QED) is 0.666. The lowest BCUT2D eigenvalue weighted by molar-refractivity contribution is -0.141. The average molecular weight is 385 g/mol. The van der Waals surface area contributed by atoms with E-state index in [1.165, 1.54) is 12.1 Å². The Bertz CT molecular complexity index is 811. The monoisotopic (exact) mass is 385 g/mol. The topological polar surface area (TPSA) is 45.6 Å². The van der Waals surface area contributed by atoms with Crippen molar-refractivity contribution in [3.63, 3.8) is 0 Å². The van der Waals surface area contributed by atoms with Crippen molar-refractivity contribution in [1.29, 1.82) is 0 Å². The Morgan fingerprint density at radius 2 is 1.86 bits per heavy atom. The molecule has 0 spiro atoms. The summed E-state index contributed by atoms with van der Waals surface area (Å²) in [6.07, 6.45) is 4.97. The molecule has 1 saturated carbocycles. The van der Waals surface area contributed by atoms with Gasteiger partial charge in [-0.15, -0.1) is 0 Å². The number of amides is 2. The minimum Gasteiger partial charge on any atom is -0.353 e. The molecule has 1 heterocycles. The van der Waals surface area contributed by atoms with E-state index in [1.807, 2.05) is 41.8 Å². The average Bonchev–Trinajstić information content (AvgIpc) is 3.43. The standard InChI is InChI=1S/C22H28FN3O2/c1-3-12-25(21(27)14-17-6-8-18(23)9-7-17)16-22(28)26(19-10-11-19)15-20-5-4-13-24(20)2/h4-9,13,19H,3,10-12,14-16H2,1-2H3.